The number of ether oxygens (including phenoxy) is 1. The molecule has 1 atom stereocenters. The lowest BCUT2D eigenvalue weighted by Gasteiger charge is -2.22. The fourth-order valence-electron chi connectivity index (χ4n) is 3.02. The van der Waals surface area contributed by atoms with Gasteiger partial charge in [-0.05, 0) is 54.8 Å². The predicted octanol–water partition coefficient (Wildman–Crippen LogP) is 3.48. The van der Waals surface area contributed by atoms with Gasteiger partial charge in [0, 0.05) is 29.7 Å². The first-order chi connectivity index (χ1) is 13.8. The first kappa shape index (κ1) is 22.1. The van der Waals surface area contributed by atoms with E-state index in [1.807, 2.05) is 0 Å². The Kier molecular flexibility index (Phi) is 7.54. The van der Waals surface area contributed by atoms with Crippen LogP contribution >= 0.6 is 23.2 Å². The maximum absolute atomic E-state index is 13.2. The van der Waals surface area contributed by atoms with Gasteiger partial charge in [-0.15, -0.1) is 0 Å². The number of rotatable bonds is 8. The molecule has 0 unspecified atom stereocenters. The highest BCUT2D eigenvalue weighted by molar-refractivity contribution is 7.89. The van der Waals surface area contributed by atoms with Gasteiger partial charge >= 0.3 is 0 Å². The Bertz CT molecular complexity index is 928. The second-order valence-corrected chi connectivity index (χ2v) is 9.60. The van der Waals surface area contributed by atoms with Crippen LogP contribution in [0, 0.1) is 0 Å². The van der Waals surface area contributed by atoms with Crippen LogP contribution in [-0.2, 0) is 26.1 Å². The number of amides is 1. The molecule has 1 N–H and O–H groups in total. The third-order valence-electron chi connectivity index (χ3n) is 4.59. The van der Waals surface area contributed by atoms with Gasteiger partial charge in [-0.2, -0.15) is 4.31 Å². The van der Waals surface area contributed by atoms with E-state index in [9.17, 15) is 13.2 Å². The topological polar surface area (TPSA) is 75.7 Å². The number of nitrogens with one attached hydrogen (secondary N) is 1. The molecular formula is C20H22Cl2N2O4S. The van der Waals surface area contributed by atoms with Crippen LogP contribution in [0.2, 0.25) is 10.0 Å². The maximum atomic E-state index is 13.2. The van der Waals surface area contributed by atoms with Gasteiger partial charge in [-0.1, -0.05) is 35.3 Å². The van der Waals surface area contributed by atoms with Crippen molar-refractivity contribution in [2.24, 2.45) is 0 Å². The quantitative estimate of drug-likeness (QED) is 0.659. The molecule has 0 spiro atoms. The van der Waals surface area contributed by atoms with Crippen LogP contribution in [0.1, 0.15) is 18.4 Å². The fourth-order valence-corrected chi connectivity index (χ4v) is 4.66. The SMILES string of the molecule is O=C(CN(Cc1ccc(Cl)cc1)S(=O)(=O)c1ccc(Cl)cc1)NC[C@H]1CCCO1. The molecule has 1 fully saturated rings. The van der Waals surface area contributed by atoms with Crippen LogP contribution in [-0.4, -0.2) is 44.4 Å². The number of hydrogen-bond donors (Lipinski definition) is 1. The van der Waals surface area contributed by atoms with Gasteiger partial charge in [0.25, 0.3) is 0 Å². The van der Waals surface area contributed by atoms with E-state index in [0.717, 1.165) is 22.7 Å². The molecule has 156 valence electrons. The summed E-state index contributed by atoms with van der Waals surface area (Å²) in [6, 6.07) is 12.7. The lowest BCUT2D eigenvalue weighted by atomic mass is 10.2. The number of carbonyl (C=O) groups is 1. The van der Waals surface area contributed by atoms with E-state index in [1.54, 1.807) is 24.3 Å². The molecule has 1 saturated heterocycles. The van der Waals surface area contributed by atoms with Gasteiger partial charge < -0.3 is 10.1 Å². The molecule has 29 heavy (non-hydrogen) atoms. The van der Waals surface area contributed by atoms with Crippen LogP contribution in [0.5, 0.6) is 0 Å². The minimum atomic E-state index is -3.91. The van der Waals surface area contributed by atoms with Crippen molar-refractivity contribution in [3.8, 4) is 0 Å². The number of benzene rings is 2. The van der Waals surface area contributed by atoms with Crippen molar-refractivity contribution in [2.75, 3.05) is 19.7 Å². The summed E-state index contributed by atoms with van der Waals surface area (Å²) in [5.41, 5.74) is 0.721. The van der Waals surface area contributed by atoms with E-state index >= 15 is 0 Å². The maximum Gasteiger partial charge on any atom is 0.243 e. The minimum absolute atomic E-state index is 0.0171. The zero-order valence-corrected chi connectivity index (χ0v) is 18.0. The number of halogens is 2. The number of carbonyl (C=O) groups excluding carboxylic acids is 1. The summed E-state index contributed by atoms with van der Waals surface area (Å²) in [5.74, 6) is -0.382. The number of sulfonamides is 1. The third-order valence-corrected chi connectivity index (χ3v) is 6.90. The first-order valence-electron chi connectivity index (χ1n) is 9.23. The fraction of sp³-hybridized carbons (Fsp3) is 0.350. The molecule has 2 aromatic carbocycles. The van der Waals surface area contributed by atoms with Gasteiger partial charge in [-0.25, -0.2) is 8.42 Å². The number of nitrogens with zero attached hydrogens (tertiary/aromatic N) is 1. The molecule has 9 heteroatoms. The van der Waals surface area contributed by atoms with E-state index in [-0.39, 0.29) is 30.0 Å². The zero-order chi connectivity index (χ0) is 20.9. The van der Waals surface area contributed by atoms with Crippen molar-refractivity contribution in [1.82, 2.24) is 9.62 Å². The smallest absolute Gasteiger partial charge is 0.243 e. The second kappa shape index (κ2) is 9.91. The summed E-state index contributed by atoms with van der Waals surface area (Å²) in [6.07, 6.45) is 1.84. The summed E-state index contributed by atoms with van der Waals surface area (Å²) in [4.78, 5) is 12.5. The molecule has 0 saturated carbocycles. The lowest BCUT2D eigenvalue weighted by Crippen LogP contribution is -2.42. The Hall–Kier alpha value is -1.64. The van der Waals surface area contributed by atoms with Gasteiger partial charge in [0.1, 0.15) is 0 Å². The molecule has 1 amide bonds. The van der Waals surface area contributed by atoms with Crippen molar-refractivity contribution >= 4 is 39.1 Å². The Morgan fingerprint density at radius 1 is 1.07 bits per heavy atom. The molecule has 1 aliphatic rings. The van der Waals surface area contributed by atoms with Gasteiger partial charge in [0.05, 0.1) is 17.5 Å². The Morgan fingerprint density at radius 2 is 1.69 bits per heavy atom. The van der Waals surface area contributed by atoms with Gasteiger partial charge in [0.15, 0.2) is 0 Å². The molecule has 6 nitrogen and oxygen atoms in total. The van der Waals surface area contributed by atoms with Crippen LogP contribution in [0.15, 0.2) is 53.4 Å². The molecule has 2 aromatic rings. The summed E-state index contributed by atoms with van der Waals surface area (Å²) in [5, 5.41) is 3.75. The van der Waals surface area contributed by atoms with Gasteiger partial charge in [0.2, 0.25) is 15.9 Å². The highest BCUT2D eigenvalue weighted by Crippen LogP contribution is 2.21. The monoisotopic (exact) mass is 456 g/mol. The normalized spacial score (nSPS) is 16.9. The molecule has 0 aromatic heterocycles. The standard InChI is InChI=1S/C20H22Cl2N2O4S/c21-16-5-3-15(4-6-16)13-24(14-20(25)23-12-18-2-1-11-28-18)29(26,27)19-9-7-17(22)8-10-19/h3-10,18H,1-2,11-14H2,(H,23,25)/t18-/m1/s1. The van der Waals surface area contributed by atoms with Crippen molar-refractivity contribution < 1.29 is 17.9 Å². The van der Waals surface area contributed by atoms with Gasteiger partial charge in [-0.3, -0.25) is 4.79 Å². The molecule has 1 aliphatic heterocycles. The largest absolute Gasteiger partial charge is 0.376 e. The minimum Gasteiger partial charge on any atom is -0.376 e. The molecule has 0 radical (unpaired) electrons. The number of hydrogen-bond acceptors (Lipinski definition) is 4. The Labute approximate surface area is 180 Å². The van der Waals surface area contributed by atoms with E-state index < -0.39 is 10.0 Å². The second-order valence-electron chi connectivity index (χ2n) is 6.79. The van der Waals surface area contributed by atoms with Crippen molar-refractivity contribution in [3.05, 3.63) is 64.1 Å². The molecule has 3 rings (SSSR count). The Balaban J connectivity index is 1.77. The molecular weight excluding hydrogens is 435 g/mol. The van der Waals surface area contributed by atoms with Crippen LogP contribution in [0.25, 0.3) is 0 Å². The Morgan fingerprint density at radius 3 is 2.28 bits per heavy atom. The van der Waals surface area contributed by atoms with Crippen molar-refractivity contribution in [1.29, 1.82) is 0 Å². The summed E-state index contributed by atoms with van der Waals surface area (Å²) < 4.78 is 33.0. The lowest BCUT2D eigenvalue weighted by molar-refractivity contribution is -0.121. The third kappa shape index (κ3) is 6.17. The van der Waals surface area contributed by atoms with Crippen LogP contribution in [0.4, 0.5) is 0 Å². The van der Waals surface area contributed by atoms with Crippen LogP contribution < -0.4 is 5.32 Å². The van der Waals surface area contributed by atoms with E-state index in [1.165, 1.54) is 24.3 Å². The predicted molar refractivity (Wildman–Crippen MR) is 112 cm³/mol. The molecule has 0 bridgehead atoms. The van der Waals surface area contributed by atoms with E-state index in [2.05, 4.69) is 5.32 Å². The van der Waals surface area contributed by atoms with Crippen molar-refractivity contribution in [3.63, 3.8) is 0 Å². The molecule has 0 aliphatic carbocycles. The van der Waals surface area contributed by atoms with Crippen LogP contribution in [0.3, 0.4) is 0 Å². The average molecular weight is 457 g/mol. The molecule has 1 heterocycles. The highest BCUT2D eigenvalue weighted by Gasteiger charge is 2.27. The summed E-state index contributed by atoms with van der Waals surface area (Å²) >= 11 is 11.8. The van der Waals surface area contributed by atoms with E-state index in [0.29, 0.717) is 23.2 Å². The average Bonchev–Trinajstić information content (AvgIpc) is 3.21. The zero-order valence-electron chi connectivity index (χ0n) is 15.7. The summed E-state index contributed by atoms with van der Waals surface area (Å²) in [7, 11) is -3.91. The van der Waals surface area contributed by atoms with Crippen molar-refractivity contribution in [2.45, 2.75) is 30.4 Å². The highest BCUT2D eigenvalue weighted by atomic mass is 35.5. The van der Waals surface area contributed by atoms with E-state index in [4.69, 9.17) is 27.9 Å². The summed E-state index contributed by atoms with van der Waals surface area (Å²) in [6.45, 7) is 0.790. The first-order valence-corrected chi connectivity index (χ1v) is 11.4.